The van der Waals surface area contributed by atoms with E-state index in [1.165, 1.54) is 11.1 Å². The molecule has 0 bridgehead atoms. The van der Waals surface area contributed by atoms with Crippen molar-refractivity contribution in [2.24, 2.45) is 15.9 Å². The molecule has 0 N–H and O–H groups in total. The van der Waals surface area contributed by atoms with E-state index in [4.69, 9.17) is 0 Å². The van der Waals surface area contributed by atoms with Gasteiger partial charge in [0.2, 0.25) is 5.91 Å². The summed E-state index contributed by atoms with van der Waals surface area (Å²) in [6, 6.07) is 0.888. The van der Waals surface area contributed by atoms with Gasteiger partial charge in [0.05, 0.1) is 0 Å². The summed E-state index contributed by atoms with van der Waals surface area (Å²) in [5.74, 6) is -0.750. The number of allylic oxidation sites excluding steroid dienone is 1. The number of rotatable bonds is 3. The monoisotopic (exact) mass is 368 g/mol. The number of aromatic nitrogens is 2. The quantitative estimate of drug-likeness (QED) is 0.798. The Morgan fingerprint density at radius 3 is 2.74 bits per heavy atom. The average molecular weight is 368 g/mol. The fraction of sp³-hybridized carbons (Fsp3) is 0.444. The molecule has 3 aliphatic rings. The molecule has 9 nitrogen and oxygen atoms in total. The van der Waals surface area contributed by atoms with Gasteiger partial charge in [-0.1, -0.05) is 6.08 Å². The molecular formula is C18H20N6O3. The predicted octanol–water partition coefficient (Wildman–Crippen LogP) is 1.13. The maximum Gasteiger partial charge on any atom is 0.352 e. The zero-order valence-electron chi connectivity index (χ0n) is 15.0. The predicted molar refractivity (Wildman–Crippen MR) is 97.6 cm³/mol. The van der Waals surface area contributed by atoms with Crippen molar-refractivity contribution in [3.8, 4) is 0 Å². The van der Waals surface area contributed by atoms with Crippen LogP contribution in [0.3, 0.4) is 0 Å². The van der Waals surface area contributed by atoms with Crippen LogP contribution in [0, 0.1) is 5.92 Å². The number of amidine groups is 1. The number of hydrogen-bond donors (Lipinski definition) is 0. The number of hydrogen-bond acceptors (Lipinski definition) is 5. The smallest absolute Gasteiger partial charge is 0.337 e. The fourth-order valence-corrected chi connectivity index (χ4v) is 3.61. The van der Waals surface area contributed by atoms with E-state index in [1.54, 1.807) is 34.0 Å². The Morgan fingerprint density at radius 2 is 2.04 bits per heavy atom. The molecule has 0 aliphatic carbocycles. The first-order valence-electron chi connectivity index (χ1n) is 9.07. The van der Waals surface area contributed by atoms with Crippen LogP contribution in [-0.2, 0) is 11.3 Å². The van der Waals surface area contributed by atoms with Crippen molar-refractivity contribution >= 4 is 29.9 Å². The standard InChI is InChI=1S/C18H20N6O3/c1-2-23-11-7-14(21-23)17(26)22-9-5-12(6-10-22)24-16(25)13-4-3-8-19-15(13)20-18(24)27/h3-4,7-8,11-13H,2,5-6,9-10H2,1H3. The summed E-state index contributed by atoms with van der Waals surface area (Å²) in [6.45, 7) is 3.60. The van der Waals surface area contributed by atoms with Crippen molar-refractivity contribution in [1.82, 2.24) is 19.6 Å². The van der Waals surface area contributed by atoms with E-state index in [0.717, 1.165) is 0 Å². The number of carbonyl (C=O) groups excluding carboxylic acids is 3. The lowest BCUT2D eigenvalue weighted by Gasteiger charge is -2.38. The van der Waals surface area contributed by atoms with Crippen molar-refractivity contribution in [1.29, 1.82) is 0 Å². The van der Waals surface area contributed by atoms with Gasteiger partial charge in [-0.2, -0.15) is 10.1 Å². The first-order valence-corrected chi connectivity index (χ1v) is 9.07. The first-order chi connectivity index (χ1) is 13.1. The van der Waals surface area contributed by atoms with Gasteiger partial charge in [0, 0.05) is 38.1 Å². The lowest BCUT2D eigenvalue weighted by molar-refractivity contribution is -0.131. The summed E-state index contributed by atoms with van der Waals surface area (Å²) < 4.78 is 1.71. The molecule has 0 aromatic carbocycles. The van der Waals surface area contributed by atoms with Crippen molar-refractivity contribution in [2.45, 2.75) is 32.4 Å². The minimum atomic E-state index is -0.592. The van der Waals surface area contributed by atoms with E-state index in [-0.39, 0.29) is 23.7 Å². The normalized spacial score (nSPS) is 22.9. The minimum absolute atomic E-state index is 0.123. The summed E-state index contributed by atoms with van der Waals surface area (Å²) >= 11 is 0. The fourth-order valence-electron chi connectivity index (χ4n) is 3.61. The van der Waals surface area contributed by atoms with E-state index in [1.807, 2.05) is 6.92 Å². The van der Waals surface area contributed by atoms with Crippen LogP contribution in [-0.4, -0.2) is 68.6 Å². The topological polar surface area (TPSA) is 100 Å². The van der Waals surface area contributed by atoms with Crippen LogP contribution in [0.4, 0.5) is 4.79 Å². The second kappa shape index (κ2) is 6.90. The molecule has 3 aliphatic heterocycles. The van der Waals surface area contributed by atoms with E-state index in [9.17, 15) is 14.4 Å². The summed E-state index contributed by atoms with van der Waals surface area (Å²) in [5.41, 5.74) is 0.417. The lowest BCUT2D eigenvalue weighted by Crippen LogP contribution is -2.54. The molecule has 0 radical (unpaired) electrons. The average Bonchev–Trinajstić information content (AvgIpc) is 3.17. The summed E-state index contributed by atoms with van der Waals surface area (Å²) in [6.07, 6.45) is 7.75. The molecule has 1 saturated heterocycles. The number of dihydropyridines is 1. The zero-order chi connectivity index (χ0) is 19.0. The third-order valence-electron chi connectivity index (χ3n) is 5.09. The second-order valence-corrected chi connectivity index (χ2v) is 6.68. The highest BCUT2D eigenvalue weighted by atomic mass is 16.2. The number of imide groups is 1. The molecule has 1 aromatic heterocycles. The number of nitrogens with zero attached hydrogens (tertiary/aromatic N) is 6. The van der Waals surface area contributed by atoms with Crippen LogP contribution in [0.2, 0.25) is 0 Å². The van der Waals surface area contributed by atoms with Gasteiger partial charge in [-0.3, -0.25) is 19.2 Å². The maximum atomic E-state index is 12.7. The second-order valence-electron chi connectivity index (χ2n) is 6.68. The van der Waals surface area contributed by atoms with Crippen LogP contribution >= 0.6 is 0 Å². The number of urea groups is 1. The van der Waals surface area contributed by atoms with Gasteiger partial charge in [-0.05, 0) is 31.9 Å². The number of carbonyl (C=O) groups is 3. The third kappa shape index (κ3) is 3.09. The number of fused-ring (bicyclic) bond motifs is 1. The molecule has 4 amide bonds. The van der Waals surface area contributed by atoms with Gasteiger partial charge in [0.15, 0.2) is 0 Å². The Hall–Kier alpha value is -3.10. The van der Waals surface area contributed by atoms with Crippen LogP contribution in [0.1, 0.15) is 30.3 Å². The van der Waals surface area contributed by atoms with Crippen LogP contribution in [0.25, 0.3) is 0 Å². The van der Waals surface area contributed by atoms with E-state index in [2.05, 4.69) is 15.1 Å². The number of piperidine rings is 1. The van der Waals surface area contributed by atoms with Gasteiger partial charge >= 0.3 is 6.03 Å². The number of likely N-dealkylation sites (tertiary alicyclic amines) is 1. The van der Waals surface area contributed by atoms with Crippen LogP contribution in [0.15, 0.2) is 34.4 Å². The van der Waals surface area contributed by atoms with Gasteiger partial charge in [0.25, 0.3) is 5.91 Å². The number of aryl methyl sites for hydroxylation is 1. The highest BCUT2D eigenvalue weighted by Gasteiger charge is 2.41. The molecule has 4 heterocycles. The molecule has 27 heavy (non-hydrogen) atoms. The Labute approximate surface area is 156 Å². The van der Waals surface area contributed by atoms with Crippen LogP contribution < -0.4 is 0 Å². The van der Waals surface area contributed by atoms with Crippen molar-refractivity contribution < 1.29 is 14.4 Å². The Kier molecular flexibility index (Phi) is 4.43. The molecular weight excluding hydrogens is 348 g/mol. The molecule has 1 aromatic rings. The molecule has 4 rings (SSSR count). The van der Waals surface area contributed by atoms with Gasteiger partial charge in [-0.15, -0.1) is 0 Å². The zero-order valence-corrected chi connectivity index (χ0v) is 15.0. The van der Waals surface area contributed by atoms with E-state index >= 15 is 0 Å². The Balaban J connectivity index is 1.43. The highest BCUT2D eigenvalue weighted by Crippen LogP contribution is 2.25. The molecule has 1 fully saturated rings. The van der Waals surface area contributed by atoms with Crippen LogP contribution in [0.5, 0.6) is 0 Å². The molecule has 0 spiro atoms. The SMILES string of the molecule is CCn1ccc(C(=O)N2CCC(N3C(=O)N=C4N=CC=CC4C3=O)CC2)n1. The first kappa shape index (κ1) is 17.3. The largest absolute Gasteiger partial charge is 0.352 e. The molecule has 1 unspecified atom stereocenters. The Morgan fingerprint density at radius 1 is 1.26 bits per heavy atom. The molecule has 9 heteroatoms. The lowest BCUT2D eigenvalue weighted by atomic mass is 9.97. The van der Waals surface area contributed by atoms with Gasteiger partial charge in [-0.25, -0.2) is 9.79 Å². The van der Waals surface area contributed by atoms with Gasteiger partial charge < -0.3 is 4.90 Å². The van der Waals surface area contributed by atoms with E-state index in [0.29, 0.717) is 38.2 Å². The molecule has 140 valence electrons. The van der Waals surface area contributed by atoms with E-state index < -0.39 is 11.9 Å². The molecule has 0 saturated carbocycles. The number of amides is 4. The van der Waals surface area contributed by atoms with Gasteiger partial charge in [0.1, 0.15) is 17.4 Å². The highest BCUT2D eigenvalue weighted by molar-refractivity contribution is 6.19. The maximum absolute atomic E-state index is 12.7. The van der Waals surface area contributed by atoms with Crippen molar-refractivity contribution in [2.75, 3.05) is 13.1 Å². The minimum Gasteiger partial charge on any atom is -0.337 e. The number of aliphatic imine (C=N–C) groups is 2. The Bertz CT molecular complexity index is 875. The summed E-state index contributed by atoms with van der Waals surface area (Å²) in [4.78, 5) is 48.6. The third-order valence-corrected chi connectivity index (χ3v) is 5.09. The summed E-state index contributed by atoms with van der Waals surface area (Å²) in [7, 11) is 0. The molecule has 1 atom stereocenters. The van der Waals surface area contributed by atoms with Crippen molar-refractivity contribution in [3.05, 3.63) is 30.1 Å². The van der Waals surface area contributed by atoms with Crippen molar-refractivity contribution in [3.63, 3.8) is 0 Å². The summed E-state index contributed by atoms with van der Waals surface area (Å²) in [5, 5.41) is 4.25.